The number of aliphatic carboxylic acids is 1. The van der Waals surface area contributed by atoms with E-state index in [1.807, 2.05) is 0 Å². The smallest absolute Gasteiger partial charge is 0.359 e. The minimum atomic E-state index is -0.663. The molecule has 0 fully saturated rings. The van der Waals surface area contributed by atoms with Crippen LogP contribution in [0.2, 0.25) is 0 Å². The van der Waals surface area contributed by atoms with E-state index in [2.05, 4.69) is 20.9 Å². The zero-order chi connectivity index (χ0) is 13.9. The van der Waals surface area contributed by atoms with Gasteiger partial charge in [0.05, 0.1) is 20.1 Å². The van der Waals surface area contributed by atoms with Crippen LogP contribution in [0.25, 0.3) is 0 Å². The Morgan fingerprint density at radius 2 is 1.33 bits per heavy atom. The lowest BCUT2D eigenvalue weighted by Crippen LogP contribution is -2.49. The highest BCUT2D eigenvalue weighted by atomic mass is 16.4. The lowest BCUT2D eigenvalue weighted by atomic mass is 10.1. The summed E-state index contributed by atoms with van der Waals surface area (Å²) in [6, 6.07) is 0. The predicted molar refractivity (Wildman–Crippen MR) is 76.7 cm³/mol. The van der Waals surface area contributed by atoms with Gasteiger partial charge in [-0.1, -0.05) is 39.5 Å². The van der Waals surface area contributed by atoms with E-state index >= 15 is 0 Å². The first-order valence-electron chi connectivity index (χ1n) is 7.59. The molecule has 18 heavy (non-hydrogen) atoms. The van der Waals surface area contributed by atoms with Crippen LogP contribution in [0.5, 0.6) is 0 Å². The lowest BCUT2D eigenvalue weighted by Gasteiger charge is -2.33. The monoisotopic (exact) mass is 258 g/mol. The summed E-state index contributed by atoms with van der Waals surface area (Å²) >= 11 is 0. The summed E-state index contributed by atoms with van der Waals surface area (Å²) in [5, 5.41) is 9.04. The standard InChI is InChI=1S/C15H31NO2/c1-4-6-8-10-12-16(3,14-15(17)18)13-11-9-7-5-2/h4-14H2,1-3H3/p+1. The van der Waals surface area contributed by atoms with Crippen molar-refractivity contribution in [2.24, 2.45) is 0 Å². The van der Waals surface area contributed by atoms with Crippen LogP contribution in [0, 0.1) is 0 Å². The van der Waals surface area contributed by atoms with Crippen LogP contribution in [0.1, 0.15) is 65.2 Å². The van der Waals surface area contributed by atoms with Crippen molar-refractivity contribution in [3.8, 4) is 0 Å². The van der Waals surface area contributed by atoms with Crippen LogP contribution in [-0.4, -0.2) is 42.2 Å². The Balaban J connectivity index is 4.03. The highest BCUT2D eigenvalue weighted by Gasteiger charge is 2.24. The summed E-state index contributed by atoms with van der Waals surface area (Å²) in [6.07, 6.45) is 9.79. The van der Waals surface area contributed by atoms with E-state index in [0.29, 0.717) is 4.48 Å². The summed E-state index contributed by atoms with van der Waals surface area (Å²) in [5.74, 6) is -0.663. The van der Waals surface area contributed by atoms with Crippen LogP contribution < -0.4 is 0 Å². The third kappa shape index (κ3) is 9.46. The molecule has 0 aromatic carbocycles. The van der Waals surface area contributed by atoms with E-state index in [1.54, 1.807) is 0 Å². The first kappa shape index (κ1) is 17.4. The third-order valence-electron chi connectivity index (χ3n) is 3.62. The largest absolute Gasteiger partial charge is 0.477 e. The number of quaternary nitrogens is 1. The highest BCUT2D eigenvalue weighted by molar-refractivity contribution is 5.67. The van der Waals surface area contributed by atoms with Crippen molar-refractivity contribution < 1.29 is 14.4 Å². The SMILES string of the molecule is CCCCCC[N+](C)(CCCCCC)CC(=O)O. The number of rotatable bonds is 12. The second-order valence-corrected chi connectivity index (χ2v) is 5.74. The molecule has 1 N–H and O–H groups in total. The summed E-state index contributed by atoms with van der Waals surface area (Å²) in [4.78, 5) is 11.0. The topological polar surface area (TPSA) is 37.3 Å². The fourth-order valence-electron chi connectivity index (χ4n) is 2.44. The molecule has 3 heteroatoms. The second kappa shape index (κ2) is 10.4. The molecule has 0 aromatic heterocycles. The molecular formula is C15H32NO2+. The third-order valence-corrected chi connectivity index (χ3v) is 3.62. The molecule has 0 unspecified atom stereocenters. The molecule has 0 aliphatic rings. The molecule has 0 rings (SSSR count). The van der Waals surface area contributed by atoms with Crippen molar-refractivity contribution in [3.05, 3.63) is 0 Å². The maximum Gasteiger partial charge on any atom is 0.359 e. The number of hydrogen-bond donors (Lipinski definition) is 1. The van der Waals surface area contributed by atoms with Crippen LogP contribution in [0.4, 0.5) is 0 Å². The van der Waals surface area contributed by atoms with Gasteiger partial charge in [0.2, 0.25) is 0 Å². The van der Waals surface area contributed by atoms with Gasteiger partial charge in [-0.2, -0.15) is 0 Å². The van der Waals surface area contributed by atoms with Gasteiger partial charge in [0.1, 0.15) is 0 Å². The highest BCUT2D eigenvalue weighted by Crippen LogP contribution is 2.11. The van der Waals surface area contributed by atoms with E-state index in [4.69, 9.17) is 5.11 Å². The van der Waals surface area contributed by atoms with E-state index < -0.39 is 5.97 Å². The van der Waals surface area contributed by atoms with Crippen LogP contribution in [-0.2, 0) is 4.79 Å². The Hall–Kier alpha value is -0.570. The maximum absolute atomic E-state index is 11.0. The van der Waals surface area contributed by atoms with Gasteiger partial charge in [-0.05, 0) is 25.7 Å². The van der Waals surface area contributed by atoms with Crippen molar-refractivity contribution in [2.75, 3.05) is 26.7 Å². The lowest BCUT2D eigenvalue weighted by molar-refractivity contribution is -0.903. The Morgan fingerprint density at radius 1 is 0.889 bits per heavy atom. The molecule has 0 radical (unpaired) electrons. The molecular weight excluding hydrogens is 226 g/mol. The fourth-order valence-corrected chi connectivity index (χ4v) is 2.44. The first-order chi connectivity index (χ1) is 8.54. The summed E-state index contributed by atoms with van der Waals surface area (Å²) < 4.78 is 0.711. The van der Waals surface area contributed by atoms with Crippen LogP contribution in [0.15, 0.2) is 0 Å². The van der Waals surface area contributed by atoms with Gasteiger partial charge in [0, 0.05) is 0 Å². The van der Waals surface area contributed by atoms with Gasteiger partial charge in [0.15, 0.2) is 6.54 Å². The van der Waals surface area contributed by atoms with Gasteiger partial charge >= 0.3 is 5.97 Å². The molecule has 3 nitrogen and oxygen atoms in total. The normalized spacial score (nSPS) is 11.7. The molecule has 0 atom stereocenters. The first-order valence-corrected chi connectivity index (χ1v) is 7.59. The van der Waals surface area contributed by atoms with E-state index in [0.717, 1.165) is 25.9 Å². The molecule has 0 saturated heterocycles. The Morgan fingerprint density at radius 3 is 1.67 bits per heavy atom. The Labute approximate surface area is 113 Å². The van der Waals surface area contributed by atoms with Gasteiger partial charge < -0.3 is 9.59 Å². The zero-order valence-electron chi connectivity index (χ0n) is 12.6. The molecule has 0 aliphatic carbocycles. The number of carbonyl (C=O) groups is 1. The molecule has 0 heterocycles. The molecule has 0 spiro atoms. The predicted octanol–water partition coefficient (Wildman–Crippen LogP) is 3.68. The van der Waals surface area contributed by atoms with Gasteiger partial charge in [0.25, 0.3) is 0 Å². The average Bonchev–Trinajstić information content (AvgIpc) is 2.30. The van der Waals surface area contributed by atoms with Crippen molar-refractivity contribution in [3.63, 3.8) is 0 Å². The quantitative estimate of drug-likeness (QED) is 0.428. The van der Waals surface area contributed by atoms with E-state index in [9.17, 15) is 4.79 Å². The van der Waals surface area contributed by atoms with Crippen molar-refractivity contribution in [2.45, 2.75) is 65.2 Å². The summed E-state index contributed by atoms with van der Waals surface area (Å²) in [6.45, 7) is 6.71. The molecule has 108 valence electrons. The Bertz CT molecular complexity index is 205. The minimum absolute atomic E-state index is 0.276. The second-order valence-electron chi connectivity index (χ2n) is 5.74. The summed E-state index contributed by atoms with van der Waals surface area (Å²) in [5.41, 5.74) is 0. The van der Waals surface area contributed by atoms with Crippen LogP contribution >= 0.6 is 0 Å². The number of hydrogen-bond acceptors (Lipinski definition) is 1. The van der Waals surface area contributed by atoms with E-state index in [-0.39, 0.29) is 6.54 Å². The molecule has 0 saturated carbocycles. The molecule has 0 aromatic rings. The number of carboxylic acid groups (broad SMARTS) is 1. The van der Waals surface area contributed by atoms with Crippen molar-refractivity contribution in [1.29, 1.82) is 0 Å². The molecule has 0 bridgehead atoms. The molecule has 0 aliphatic heterocycles. The fraction of sp³-hybridized carbons (Fsp3) is 0.933. The van der Waals surface area contributed by atoms with Gasteiger partial charge in [-0.25, -0.2) is 4.79 Å². The van der Waals surface area contributed by atoms with Crippen molar-refractivity contribution >= 4 is 5.97 Å². The van der Waals surface area contributed by atoms with E-state index in [1.165, 1.54) is 38.5 Å². The number of nitrogens with zero attached hydrogens (tertiary/aromatic N) is 1. The summed E-state index contributed by atoms with van der Waals surface area (Å²) in [7, 11) is 2.10. The minimum Gasteiger partial charge on any atom is -0.477 e. The van der Waals surface area contributed by atoms with Crippen LogP contribution in [0.3, 0.4) is 0 Å². The number of carboxylic acids is 1. The maximum atomic E-state index is 11.0. The van der Waals surface area contributed by atoms with Gasteiger partial charge in [-0.3, -0.25) is 0 Å². The number of unbranched alkanes of at least 4 members (excludes halogenated alkanes) is 6. The number of likely N-dealkylation sites (N-methyl/N-ethyl adjacent to an activating group) is 1. The average molecular weight is 258 g/mol. The van der Waals surface area contributed by atoms with Gasteiger partial charge in [-0.15, -0.1) is 0 Å². The zero-order valence-corrected chi connectivity index (χ0v) is 12.6. The van der Waals surface area contributed by atoms with Crippen molar-refractivity contribution in [1.82, 2.24) is 0 Å². The Kier molecular flexibility index (Phi) is 10.0. The molecule has 0 amide bonds.